The van der Waals surface area contributed by atoms with E-state index in [-0.39, 0.29) is 24.9 Å². The van der Waals surface area contributed by atoms with Crippen LogP contribution in [0.5, 0.6) is 0 Å². The fraction of sp³-hybridized carbons (Fsp3) is 0.417. The highest BCUT2D eigenvalue weighted by Gasteiger charge is 2.39. The monoisotopic (exact) mass is 446 g/mol. The van der Waals surface area contributed by atoms with Gasteiger partial charge in [0.15, 0.2) is 0 Å². The second kappa shape index (κ2) is 8.58. The smallest absolute Gasteiger partial charge is 0.381 e. The third-order valence-electron chi connectivity index (χ3n) is 6.54. The van der Waals surface area contributed by atoms with Crippen molar-refractivity contribution in [2.45, 2.75) is 30.4 Å². The Balaban J connectivity index is 1.58. The third kappa shape index (κ3) is 4.24. The van der Waals surface area contributed by atoms with E-state index in [1.54, 1.807) is 37.4 Å². The summed E-state index contributed by atoms with van der Waals surface area (Å²) in [7, 11) is 1.65. The van der Waals surface area contributed by atoms with Crippen molar-refractivity contribution in [1.29, 1.82) is 0 Å². The number of hydrogen-bond donors (Lipinski definition) is 1. The minimum absolute atomic E-state index is 0.130. The van der Waals surface area contributed by atoms with Crippen molar-refractivity contribution >= 4 is 11.8 Å². The van der Waals surface area contributed by atoms with E-state index in [4.69, 9.17) is 4.74 Å². The number of nitrogens with one attached hydrogen (secondary N) is 1. The first-order chi connectivity index (χ1) is 15.2. The fourth-order valence-corrected chi connectivity index (χ4v) is 4.62. The van der Waals surface area contributed by atoms with Crippen LogP contribution in [0.15, 0.2) is 48.5 Å². The van der Waals surface area contributed by atoms with Crippen LogP contribution in [-0.4, -0.2) is 50.1 Å². The molecule has 4 rings (SSSR count). The number of ether oxygens (including phenoxy) is 1. The van der Waals surface area contributed by atoms with E-state index in [0.29, 0.717) is 42.7 Å². The zero-order valence-corrected chi connectivity index (χ0v) is 17.7. The largest absolute Gasteiger partial charge is 0.416 e. The zero-order valence-electron chi connectivity index (χ0n) is 17.7. The van der Waals surface area contributed by atoms with E-state index in [0.717, 1.165) is 6.07 Å². The summed E-state index contributed by atoms with van der Waals surface area (Å²) in [4.78, 5) is 27.1. The first kappa shape index (κ1) is 22.3. The van der Waals surface area contributed by atoms with Crippen molar-refractivity contribution in [2.24, 2.45) is 0 Å². The summed E-state index contributed by atoms with van der Waals surface area (Å²) < 4.78 is 45.4. The van der Waals surface area contributed by atoms with E-state index >= 15 is 0 Å². The molecule has 1 atom stereocenters. The molecule has 2 aromatic rings. The number of carbonyl (C=O) groups is 2. The van der Waals surface area contributed by atoms with Crippen molar-refractivity contribution in [3.63, 3.8) is 0 Å². The molecule has 0 saturated carbocycles. The van der Waals surface area contributed by atoms with E-state index in [9.17, 15) is 22.8 Å². The summed E-state index contributed by atoms with van der Waals surface area (Å²) >= 11 is 0. The Labute approximate surface area is 184 Å². The van der Waals surface area contributed by atoms with Crippen LogP contribution in [0.25, 0.3) is 0 Å². The molecule has 0 aromatic heterocycles. The van der Waals surface area contributed by atoms with Crippen LogP contribution in [0.1, 0.15) is 45.8 Å². The van der Waals surface area contributed by atoms with E-state index in [1.807, 2.05) is 0 Å². The van der Waals surface area contributed by atoms with Gasteiger partial charge in [-0.1, -0.05) is 36.4 Å². The third-order valence-corrected chi connectivity index (χ3v) is 6.54. The summed E-state index contributed by atoms with van der Waals surface area (Å²) in [5.74, 6) is -0.906. The van der Waals surface area contributed by atoms with Gasteiger partial charge in [0.25, 0.3) is 5.91 Å². The molecule has 1 unspecified atom stereocenters. The minimum Gasteiger partial charge on any atom is -0.381 e. The number of nitrogens with zero attached hydrogens (tertiary/aromatic N) is 1. The number of fused-ring (bicyclic) bond motifs is 1. The molecule has 0 radical (unpaired) electrons. The van der Waals surface area contributed by atoms with E-state index in [1.165, 1.54) is 17.0 Å². The van der Waals surface area contributed by atoms with Crippen LogP contribution in [0.4, 0.5) is 13.2 Å². The molecule has 2 heterocycles. The molecule has 0 bridgehead atoms. The van der Waals surface area contributed by atoms with Crippen LogP contribution in [0.3, 0.4) is 0 Å². The Morgan fingerprint density at radius 2 is 1.88 bits per heavy atom. The highest BCUT2D eigenvalue weighted by molar-refractivity contribution is 6.00. The Bertz CT molecular complexity index is 1020. The van der Waals surface area contributed by atoms with Crippen LogP contribution < -0.4 is 5.32 Å². The first-order valence-electron chi connectivity index (χ1n) is 10.6. The minimum atomic E-state index is -4.44. The lowest BCUT2D eigenvalue weighted by Crippen LogP contribution is -2.48. The lowest BCUT2D eigenvalue weighted by molar-refractivity contribution is -0.137. The van der Waals surface area contributed by atoms with Gasteiger partial charge < -0.3 is 15.0 Å². The molecular formula is C24H25F3N2O3. The Morgan fingerprint density at radius 3 is 2.59 bits per heavy atom. The molecular weight excluding hydrogens is 421 g/mol. The van der Waals surface area contributed by atoms with Gasteiger partial charge in [0.2, 0.25) is 5.91 Å². The molecule has 5 nitrogen and oxygen atoms in total. The number of amides is 2. The molecule has 2 aromatic carbocycles. The maximum atomic E-state index is 13.3. The molecule has 1 saturated heterocycles. The lowest BCUT2D eigenvalue weighted by atomic mass is 9.73. The van der Waals surface area contributed by atoms with Gasteiger partial charge in [0.05, 0.1) is 11.5 Å². The molecule has 2 aliphatic rings. The fourth-order valence-electron chi connectivity index (χ4n) is 4.62. The van der Waals surface area contributed by atoms with Crippen LogP contribution in [0, 0.1) is 0 Å². The second-order valence-electron chi connectivity index (χ2n) is 8.51. The van der Waals surface area contributed by atoms with Crippen molar-refractivity contribution in [3.05, 3.63) is 70.8 Å². The first-order valence-corrected chi connectivity index (χ1v) is 10.6. The highest BCUT2D eigenvalue weighted by Crippen LogP contribution is 2.38. The number of hydrogen-bond acceptors (Lipinski definition) is 3. The highest BCUT2D eigenvalue weighted by atomic mass is 19.4. The van der Waals surface area contributed by atoms with Crippen LogP contribution in [0.2, 0.25) is 0 Å². The van der Waals surface area contributed by atoms with Gasteiger partial charge in [0.1, 0.15) is 0 Å². The molecule has 0 spiro atoms. The molecule has 1 fully saturated rings. The van der Waals surface area contributed by atoms with Crippen molar-refractivity contribution in [3.8, 4) is 0 Å². The number of halogens is 3. The number of likely N-dealkylation sites (N-methyl/N-ethyl adjacent to an activating group) is 1. The van der Waals surface area contributed by atoms with Gasteiger partial charge in [-0.25, -0.2) is 0 Å². The molecule has 32 heavy (non-hydrogen) atoms. The predicted octanol–water partition coefficient (Wildman–Crippen LogP) is 3.74. The van der Waals surface area contributed by atoms with Crippen molar-refractivity contribution in [2.75, 3.05) is 33.4 Å². The molecule has 1 N–H and O–H groups in total. The normalized spacial score (nSPS) is 20.6. The van der Waals surface area contributed by atoms with Gasteiger partial charge in [-0.15, -0.1) is 0 Å². The Morgan fingerprint density at radius 1 is 1.16 bits per heavy atom. The quantitative estimate of drug-likeness (QED) is 0.779. The molecule has 0 aliphatic carbocycles. The summed E-state index contributed by atoms with van der Waals surface area (Å²) in [6, 6.07) is 12.4. The predicted molar refractivity (Wildman–Crippen MR) is 112 cm³/mol. The Kier molecular flexibility index (Phi) is 5.99. The van der Waals surface area contributed by atoms with Gasteiger partial charge in [0, 0.05) is 44.3 Å². The summed E-state index contributed by atoms with van der Waals surface area (Å²) in [6.07, 6.45) is -3.42. The SMILES string of the molecule is CN1CC(C(=O)NCC2(c3cccc(C(F)(F)F)c3)CCOCC2)c2ccccc2C1=O. The molecule has 8 heteroatoms. The number of carbonyl (C=O) groups excluding carboxylic acids is 2. The summed E-state index contributed by atoms with van der Waals surface area (Å²) in [5, 5.41) is 2.98. The van der Waals surface area contributed by atoms with Crippen LogP contribution >= 0.6 is 0 Å². The maximum absolute atomic E-state index is 13.3. The van der Waals surface area contributed by atoms with Gasteiger partial charge in [-0.2, -0.15) is 13.2 Å². The average molecular weight is 446 g/mol. The van der Waals surface area contributed by atoms with E-state index < -0.39 is 23.1 Å². The topological polar surface area (TPSA) is 58.6 Å². The molecule has 2 aliphatic heterocycles. The van der Waals surface area contributed by atoms with Crippen LogP contribution in [-0.2, 0) is 21.1 Å². The van der Waals surface area contributed by atoms with Gasteiger partial charge >= 0.3 is 6.18 Å². The molecule has 170 valence electrons. The average Bonchev–Trinajstić information content (AvgIpc) is 2.80. The van der Waals surface area contributed by atoms with Gasteiger partial charge in [-0.3, -0.25) is 9.59 Å². The zero-order chi connectivity index (χ0) is 22.9. The van der Waals surface area contributed by atoms with Gasteiger partial charge in [-0.05, 0) is 36.1 Å². The standard InChI is InChI=1S/C24H25F3N2O3/c1-29-14-20(18-7-2-3-8-19(18)22(29)31)21(30)28-15-23(9-11-32-12-10-23)16-5-4-6-17(13-16)24(25,26)27/h2-8,13,20H,9-12,14-15H2,1H3,(H,28,30). The van der Waals surface area contributed by atoms with E-state index in [2.05, 4.69) is 5.32 Å². The lowest BCUT2D eigenvalue weighted by Gasteiger charge is -2.39. The number of alkyl halides is 3. The number of benzene rings is 2. The molecule has 2 amide bonds. The maximum Gasteiger partial charge on any atom is 0.416 e. The van der Waals surface area contributed by atoms with Crippen molar-refractivity contribution < 1.29 is 27.5 Å². The summed E-state index contributed by atoms with van der Waals surface area (Å²) in [5.41, 5.74) is 0.375. The van der Waals surface area contributed by atoms with Crippen molar-refractivity contribution in [1.82, 2.24) is 10.2 Å². The Hall–Kier alpha value is -2.87. The second-order valence-corrected chi connectivity index (χ2v) is 8.51. The summed E-state index contributed by atoms with van der Waals surface area (Å²) in [6.45, 7) is 1.28. The number of rotatable bonds is 4.